The Balaban J connectivity index is 1.50. The number of esters is 2. The first-order valence-corrected chi connectivity index (χ1v) is 14.0. The molecule has 0 saturated carbocycles. The summed E-state index contributed by atoms with van der Waals surface area (Å²) >= 11 is 0. The largest absolute Gasteiger partial charge is 0.504 e. The van der Waals surface area contributed by atoms with Gasteiger partial charge in [-0.1, -0.05) is 18.2 Å². The predicted octanol–water partition coefficient (Wildman–Crippen LogP) is 3.84. The molecule has 7 rings (SSSR count). The van der Waals surface area contributed by atoms with Crippen LogP contribution in [0.2, 0.25) is 0 Å². The smallest absolute Gasteiger partial charge is 0.312 e. The maximum atomic E-state index is 13.2. The fourth-order valence-corrected chi connectivity index (χ4v) is 6.42. The number of benzene rings is 4. The molecule has 4 unspecified atom stereocenters. The molecule has 0 spiro atoms. The Kier molecular flexibility index (Phi) is 6.41. The van der Waals surface area contributed by atoms with E-state index in [0.717, 1.165) is 0 Å². The van der Waals surface area contributed by atoms with E-state index >= 15 is 0 Å². The zero-order valence-electron chi connectivity index (χ0n) is 23.3. The fraction of sp³-hybridized carbons (Fsp3) is 0.212. The van der Waals surface area contributed by atoms with Crippen molar-refractivity contribution in [1.82, 2.24) is 0 Å². The average molecular weight is 615 g/mol. The van der Waals surface area contributed by atoms with E-state index in [-0.39, 0.29) is 53.8 Å². The normalized spacial score (nSPS) is 21.9. The highest BCUT2D eigenvalue weighted by molar-refractivity contribution is 5.86. The minimum absolute atomic E-state index is 0.0191. The minimum atomic E-state index is -1.22. The lowest BCUT2D eigenvalue weighted by atomic mass is 9.76. The number of aromatic hydroxyl groups is 6. The molecule has 12 heteroatoms. The van der Waals surface area contributed by atoms with Crippen molar-refractivity contribution in [3.63, 3.8) is 0 Å². The summed E-state index contributed by atoms with van der Waals surface area (Å²) in [5.74, 6) is -5.04. The number of hydrogen-bond donors (Lipinski definition) is 7. The molecule has 0 bridgehead atoms. The summed E-state index contributed by atoms with van der Waals surface area (Å²) < 4.78 is 18.1. The highest BCUT2D eigenvalue weighted by atomic mass is 16.6. The van der Waals surface area contributed by atoms with Crippen molar-refractivity contribution in [3.05, 3.63) is 88.0 Å². The van der Waals surface area contributed by atoms with Gasteiger partial charge in [0, 0.05) is 34.9 Å². The Hall–Kier alpha value is -5.62. The Bertz CT molecular complexity index is 1910. The molecule has 7 N–H and O–H groups in total. The molecule has 230 valence electrons. The molecule has 0 radical (unpaired) electrons. The molecule has 4 atom stereocenters. The molecule has 3 aliphatic heterocycles. The van der Waals surface area contributed by atoms with Gasteiger partial charge in [-0.25, -0.2) is 0 Å². The topological polar surface area (TPSA) is 203 Å². The monoisotopic (exact) mass is 614 g/mol. The first-order valence-electron chi connectivity index (χ1n) is 14.0. The molecule has 45 heavy (non-hydrogen) atoms. The summed E-state index contributed by atoms with van der Waals surface area (Å²) in [6.07, 6.45) is -2.78. The zero-order chi connectivity index (χ0) is 31.7. The highest BCUT2D eigenvalue weighted by Crippen LogP contribution is 2.59. The van der Waals surface area contributed by atoms with Crippen LogP contribution in [0.4, 0.5) is 0 Å². The summed E-state index contributed by atoms with van der Waals surface area (Å²) in [6, 6.07) is 12.2. The number of phenolic OH excluding ortho intramolecular Hbond substituents is 6. The van der Waals surface area contributed by atoms with Gasteiger partial charge in [0.25, 0.3) is 0 Å². The lowest BCUT2D eigenvalue weighted by molar-refractivity contribution is -0.136. The summed E-state index contributed by atoms with van der Waals surface area (Å²) in [6.45, 7) is 0. The maximum Gasteiger partial charge on any atom is 0.312 e. The van der Waals surface area contributed by atoms with Gasteiger partial charge in [-0.15, -0.1) is 0 Å². The van der Waals surface area contributed by atoms with Crippen molar-refractivity contribution in [1.29, 1.82) is 0 Å². The summed E-state index contributed by atoms with van der Waals surface area (Å²) in [7, 11) is 0. The molecule has 3 heterocycles. The minimum Gasteiger partial charge on any atom is -0.504 e. The van der Waals surface area contributed by atoms with E-state index in [9.17, 15) is 45.3 Å². The Labute approximate surface area is 254 Å². The van der Waals surface area contributed by atoms with Crippen LogP contribution in [-0.2, 0) is 16.0 Å². The standard InChI is InChI=1S/C33H26O12/c34-19-4-1-13(7-22(19)37)16-11-26(41)43-31-18-10-25(40)30(15-3-6-21(36)24(39)9-15)45-32(18)29-17(12-27(42)44-33(29)28(16)31)14-2-5-20(35)23(38)8-14/h1-9,16-17,25,30,34-40H,10-12H2. The molecule has 0 saturated heterocycles. The number of aliphatic hydroxyl groups is 1. The second-order valence-corrected chi connectivity index (χ2v) is 11.3. The van der Waals surface area contributed by atoms with Gasteiger partial charge >= 0.3 is 11.9 Å². The van der Waals surface area contributed by atoms with Crippen LogP contribution in [0.5, 0.6) is 51.7 Å². The van der Waals surface area contributed by atoms with E-state index in [1.54, 1.807) is 0 Å². The summed E-state index contributed by atoms with van der Waals surface area (Å²) in [5.41, 5.74) is 2.15. The van der Waals surface area contributed by atoms with Crippen LogP contribution in [0.3, 0.4) is 0 Å². The molecule has 0 aromatic heterocycles. The molecular weight excluding hydrogens is 588 g/mol. The second kappa shape index (κ2) is 10.2. The van der Waals surface area contributed by atoms with Crippen molar-refractivity contribution < 1.29 is 59.5 Å². The van der Waals surface area contributed by atoms with Crippen LogP contribution in [-0.4, -0.2) is 53.8 Å². The Morgan fingerprint density at radius 3 is 1.49 bits per heavy atom. The van der Waals surface area contributed by atoms with Crippen LogP contribution in [0.15, 0.2) is 54.6 Å². The summed E-state index contributed by atoms with van der Waals surface area (Å²) in [4.78, 5) is 26.2. The lowest BCUT2D eigenvalue weighted by Gasteiger charge is -2.40. The predicted molar refractivity (Wildman–Crippen MR) is 153 cm³/mol. The highest BCUT2D eigenvalue weighted by Gasteiger charge is 2.46. The van der Waals surface area contributed by atoms with Gasteiger partial charge in [-0.05, 0) is 53.1 Å². The molecule has 0 fully saturated rings. The SMILES string of the molecule is O=C1CC(c2ccc(O)c(O)c2)c2c(c3c(c4c2OC(=O)CC4c2ccc(O)c(O)c2)OC(c2ccc(O)c(O)c2)C(O)C3)O1. The molecule has 0 aliphatic carbocycles. The maximum absolute atomic E-state index is 13.2. The number of phenols is 6. The first-order chi connectivity index (χ1) is 21.5. The van der Waals surface area contributed by atoms with Gasteiger partial charge in [0.2, 0.25) is 0 Å². The average Bonchev–Trinajstić information content (AvgIpc) is 3.00. The van der Waals surface area contributed by atoms with Crippen LogP contribution < -0.4 is 14.2 Å². The quantitative estimate of drug-likeness (QED) is 0.0999. The third-order valence-electron chi connectivity index (χ3n) is 8.54. The molecule has 4 aromatic rings. The van der Waals surface area contributed by atoms with Crippen LogP contribution in [0.1, 0.15) is 64.2 Å². The van der Waals surface area contributed by atoms with Crippen molar-refractivity contribution >= 4 is 11.9 Å². The molecule has 12 nitrogen and oxygen atoms in total. The van der Waals surface area contributed by atoms with E-state index in [1.165, 1.54) is 54.6 Å². The molecular formula is C33H26O12. The van der Waals surface area contributed by atoms with E-state index in [0.29, 0.717) is 33.4 Å². The number of rotatable bonds is 3. The van der Waals surface area contributed by atoms with Crippen molar-refractivity contribution in [3.8, 4) is 51.7 Å². The number of carbonyl (C=O) groups is 2. The molecule has 4 aromatic carbocycles. The zero-order valence-corrected chi connectivity index (χ0v) is 23.3. The van der Waals surface area contributed by atoms with E-state index in [2.05, 4.69) is 0 Å². The molecule has 0 amide bonds. The number of aliphatic hydroxyl groups excluding tert-OH is 1. The fourth-order valence-electron chi connectivity index (χ4n) is 6.42. The number of carbonyl (C=O) groups excluding carboxylic acids is 2. The van der Waals surface area contributed by atoms with Crippen LogP contribution in [0, 0.1) is 0 Å². The third kappa shape index (κ3) is 4.57. The van der Waals surface area contributed by atoms with Gasteiger partial charge < -0.3 is 50.0 Å². The second-order valence-electron chi connectivity index (χ2n) is 11.3. The van der Waals surface area contributed by atoms with Crippen molar-refractivity contribution in [2.24, 2.45) is 0 Å². The molecule has 3 aliphatic rings. The van der Waals surface area contributed by atoms with E-state index in [4.69, 9.17) is 14.2 Å². The number of ether oxygens (including phenoxy) is 3. The van der Waals surface area contributed by atoms with E-state index < -0.39 is 53.2 Å². The van der Waals surface area contributed by atoms with Gasteiger partial charge in [0.05, 0.1) is 18.9 Å². The summed E-state index contributed by atoms with van der Waals surface area (Å²) in [5, 5.41) is 71.9. The van der Waals surface area contributed by atoms with Crippen LogP contribution in [0.25, 0.3) is 0 Å². The van der Waals surface area contributed by atoms with Crippen molar-refractivity contribution in [2.45, 2.75) is 43.3 Å². The Morgan fingerprint density at radius 1 is 0.533 bits per heavy atom. The number of fused-ring (bicyclic) bond motifs is 6. The lowest BCUT2D eigenvalue weighted by Crippen LogP contribution is -2.35. The van der Waals surface area contributed by atoms with Gasteiger partial charge in [-0.3, -0.25) is 9.59 Å². The van der Waals surface area contributed by atoms with Gasteiger partial charge in [0.15, 0.2) is 34.5 Å². The Morgan fingerprint density at radius 2 is 0.978 bits per heavy atom. The van der Waals surface area contributed by atoms with Crippen LogP contribution >= 0.6 is 0 Å². The first kappa shape index (κ1) is 28.2. The van der Waals surface area contributed by atoms with Gasteiger partial charge in [0.1, 0.15) is 23.4 Å². The van der Waals surface area contributed by atoms with E-state index in [1.807, 2.05) is 0 Å². The van der Waals surface area contributed by atoms with Crippen molar-refractivity contribution in [2.75, 3.05) is 0 Å². The van der Waals surface area contributed by atoms with Gasteiger partial charge in [-0.2, -0.15) is 0 Å². The number of hydrogen-bond acceptors (Lipinski definition) is 12. The third-order valence-corrected chi connectivity index (χ3v) is 8.54.